The number of hydrogen-bond acceptors (Lipinski definition) is 3. The monoisotopic (exact) mass is 365 g/mol. The molecule has 2 bridgehead atoms. The van der Waals surface area contributed by atoms with Gasteiger partial charge in [0, 0.05) is 18.1 Å². The highest BCUT2D eigenvalue weighted by Crippen LogP contribution is 2.51. The lowest BCUT2D eigenvalue weighted by Gasteiger charge is -2.55. The molecule has 1 fully saturated rings. The van der Waals surface area contributed by atoms with E-state index in [4.69, 9.17) is 9.47 Å². The summed E-state index contributed by atoms with van der Waals surface area (Å²) in [7, 11) is 4.05. The molecule has 0 aromatic heterocycles. The molecular formula is C24H31NO2. The van der Waals surface area contributed by atoms with E-state index in [1.54, 1.807) is 7.11 Å². The molecule has 3 heteroatoms. The van der Waals surface area contributed by atoms with Crippen molar-refractivity contribution >= 4 is 0 Å². The molecule has 1 aliphatic heterocycles. The maximum absolute atomic E-state index is 6.11. The van der Waals surface area contributed by atoms with Crippen LogP contribution in [0.15, 0.2) is 48.5 Å². The number of piperidine rings is 1. The lowest BCUT2D eigenvalue weighted by Crippen LogP contribution is -2.58. The standard InChI is InChI=1S/C24H31NO2/c1-18-23-15-20-9-10-21(26-3)16-22(20)24(18,11-13-25(23)2)12-14-27-17-19-7-5-4-6-8-19/h4-10,16,18,23H,11-15,17H2,1-3H3/t18-,23+,24?/m0/s1. The summed E-state index contributed by atoms with van der Waals surface area (Å²) in [5, 5.41) is 0. The SMILES string of the molecule is COc1ccc2c(c1)C1(CCOCc3ccccc3)CCN(C)[C@H](C2)[C@@H]1C. The van der Waals surface area contributed by atoms with Crippen molar-refractivity contribution in [2.45, 2.75) is 44.2 Å². The Hall–Kier alpha value is -1.84. The maximum Gasteiger partial charge on any atom is 0.119 e. The summed E-state index contributed by atoms with van der Waals surface area (Å²) in [6, 6.07) is 17.8. The minimum Gasteiger partial charge on any atom is -0.497 e. The molecule has 3 nitrogen and oxygen atoms in total. The van der Waals surface area contributed by atoms with E-state index in [1.807, 2.05) is 0 Å². The Morgan fingerprint density at radius 2 is 1.96 bits per heavy atom. The number of benzene rings is 2. The first kappa shape index (κ1) is 18.5. The summed E-state index contributed by atoms with van der Waals surface area (Å²) in [5.41, 5.74) is 4.43. The van der Waals surface area contributed by atoms with Crippen LogP contribution in [-0.2, 0) is 23.2 Å². The van der Waals surface area contributed by atoms with Gasteiger partial charge in [-0.2, -0.15) is 0 Å². The highest BCUT2D eigenvalue weighted by molar-refractivity contribution is 5.45. The second-order valence-electron chi connectivity index (χ2n) is 8.26. The number of ether oxygens (including phenoxy) is 2. The normalized spacial score (nSPS) is 27.2. The first-order chi connectivity index (χ1) is 13.1. The van der Waals surface area contributed by atoms with Crippen molar-refractivity contribution in [3.63, 3.8) is 0 Å². The summed E-state index contributed by atoms with van der Waals surface area (Å²) in [6.07, 6.45) is 3.41. The maximum atomic E-state index is 6.11. The molecule has 0 N–H and O–H groups in total. The van der Waals surface area contributed by atoms with Gasteiger partial charge >= 0.3 is 0 Å². The third kappa shape index (κ3) is 3.39. The largest absolute Gasteiger partial charge is 0.497 e. The average Bonchev–Trinajstić information content (AvgIpc) is 2.70. The lowest BCUT2D eigenvalue weighted by molar-refractivity contribution is 0.0122. The van der Waals surface area contributed by atoms with Gasteiger partial charge in [-0.25, -0.2) is 0 Å². The number of rotatable bonds is 6. The molecule has 2 aromatic carbocycles. The number of fused-ring (bicyclic) bond motifs is 4. The van der Waals surface area contributed by atoms with Crippen LogP contribution in [0.4, 0.5) is 0 Å². The summed E-state index contributed by atoms with van der Waals surface area (Å²) in [5.74, 6) is 1.60. The Labute approximate surface area is 163 Å². The number of hydrogen-bond donors (Lipinski definition) is 0. The van der Waals surface area contributed by atoms with Gasteiger partial charge < -0.3 is 14.4 Å². The van der Waals surface area contributed by atoms with Gasteiger partial charge in [0.1, 0.15) is 5.75 Å². The fraction of sp³-hybridized carbons (Fsp3) is 0.500. The number of methoxy groups -OCH3 is 1. The molecule has 27 heavy (non-hydrogen) atoms. The molecule has 2 aromatic rings. The molecule has 1 heterocycles. The van der Waals surface area contributed by atoms with Gasteiger partial charge in [0.05, 0.1) is 13.7 Å². The predicted octanol–water partition coefficient (Wildman–Crippen LogP) is 4.44. The molecule has 144 valence electrons. The zero-order chi connectivity index (χ0) is 18.9. The van der Waals surface area contributed by atoms with Crippen LogP contribution in [-0.4, -0.2) is 38.3 Å². The molecule has 1 aliphatic carbocycles. The first-order valence-electron chi connectivity index (χ1n) is 10.1. The van der Waals surface area contributed by atoms with Crippen LogP contribution < -0.4 is 4.74 Å². The molecular weight excluding hydrogens is 334 g/mol. The van der Waals surface area contributed by atoms with Crippen molar-refractivity contribution in [3.05, 3.63) is 65.2 Å². The topological polar surface area (TPSA) is 21.7 Å². The Morgan fingerprint density at radius 3 is 2.74 bits per heavy atom. The van der Waals surface area contributed by atoms with Crippen molar-refractivity contribution < 1.29 is 9.47 Å². The smallest absolute Gasteiger partial charge is 0.119 e. The molecule has 0 amide bonds. The van der Waals surface area contributed by atoms with E-state index in [9.17, 15) is 0 Å². The van der Waals surface area contributed by atoms with Crippen LogP contribution in [0.25, 0.3) is 0 Å². The van der Waals surface area contributed by atoms with E-state index in [0.717, 1.165) is 31.7 Å². The number of likely N-dealkylation sites (tertiary alicyclic amines) is 1. The molecule has 0 spiro atoms. The highest BCUT2D eigenvalue weighted by Gasteiger charge is 2.50. The average molecular weight is 366 g/mol. The van der Waals surface area contributed by atoms with E-state index < -0.39 is 0 Å². The Morgan fingerprint density at radius 1 is 1.15 bits per heavy atom. The second kappa shape index (κ2) is 7.65. The number of likely N-dealkylation sites (N-methyl/N-ethyl adjacent to an activating group) is 1. The Kier molecular flexibility index (Phi) is 5.25. The molecule has 0 radical (unpaired) electrons. The van der Waals surface area contributed by atoms with Crippen molar-refractivity contribution in [1.29, 1.82) is 0 Å². The third-order valence-electron chi connectivity index (χ3n) is 7.01. The van der Waals surface area contributed by atoms with Crippen molar-refractivity contribution in [3.8, 4) is 5.75 Å². The van der Waals surface area contributed by atoms with E-state index in [0.29, 0.717) is 18.6 Å². The lowest BCUT2D eigenvalue weighted by atomic mass is 9.56. The summed E-state index contributed by atoms with van der Waals surface area (Å²) in [4.78, 5) is 2.56. The fourth-order valence-corrected chi connectivity index (χ4v) is 5.29. The van der Waals surface area contributed by atoms with Crippen molar-refractivity contribution in [2.75, 3.05) is 27.3 Å². The van der Waals surface area contributed by atoms with E-state index in [-0.39, 0.29) is 5.41 Å². The molecule has 1 saturated heterocycles. The van der Waals surface area contributed by atoms with Gasteiger partial charge in [-0.15, -0.1) is 0 Å². The van der Waals surface area contributed by atoms with Gasteiger partial charge in [0.25, 0.3) is 0 Å². The highest BCUT2D eigenvalue weighted by atomic mass is 16.5. The zero-order valence-corrected chi connectivity index (χ0v) is 16.8. The molecule has 2 aliphatic rings. The van der Waals surface area contributed by atoms with E-state index in [2.05, 4.69) is 67.4 Å². The van der Waals surface area contributed by atoms with Crippen LogP contribution in [0.2, 0.25) is 0 Å². The fourth-order valence-electron chi connectivity index (χ4n) is 5.29. The van der Waals surface area contributed by atoms with Crippen LogP contribution >= 0.6 is 0 Å². The quantitative estimate of drug-likeness (QED) is 0.707. The summed E-state index contributed by atoms with van der Waals surface area (Å²) >= 11 is 0. The summed E-state index contributed by atoms with van der Waals surface area (Å²) < 4.78 is 11.7. The Balaban J connectivity index is 1.56. The van der Waals surface area contributed by atoms with Gasteiger partial charge in [0.2, 0.25) is 0 Å². The number of nitrogens with zero attached hydrogens (tertiary/aromatic N) is 1. The van der Waals surface area contributed by atoms with Gasteiger partial charge in [-0.3, -0.25) is 0 Å². The van der Waals surface area contributed by atoms with E-state index >= 15 is 0 Å². The molecule has 0 saturated carbocycles. The molecule has 1 unspecified atom stereocenters. The molecule has 4 rings (SSSR count). The van der Waals surface area contributed by atoms with Crippen LogP contribution in [0.5, 0.6) is 5.75 Å². The molecule has 3 atom stereocenters. The zero-order valence-electron chi connectivity index (χ0n) is 16.8. The minimum atomic E-state index is 0.190. The minimum absolute atomic E-state index is 0.190. The van der Waals surface area contributed by atoms with E-state index in [1.165, 1.54) is 23.1 Å². The first-order valence-corrected chi connectivity index (χ1v) is 10.1. The second-order valence-corrected chi connectivity index (χ2v) is 8.26. The predicted molar refractivity (Wildman–Crippen MR) is 109 cm³/mol. The van der Waals surface area contributed by atoms with Crippen LogP contribution in [0, 0.1) is 5.92 Å². The van der Waals surface area contributed by atoms with Gasteiger partial charge in [-0.05, 0) is 67.6 Å². The third-order valence-corrected chi connectivity index (χ3v) is 7.01. The Bertz CT molecular complexity index is 775. The van der Waals surface area contributed by atoms with Gasteiger partial charge in [0.15, 0.2) is 0 Å². The summed E-state index contributed by atoms with van der Waals surface area (Å²) in [6.45, 7) is 5.09. The van der Waals surface area contributed by atoms with Crippen molar-refractivity contribution in [1.82, 2.24) is 4.90 Å². The van der Waals surface area contributed by atoms with Crippen molar-refractivity contribution in [2.24, 2.45) is 5.92 Å². The van der Waals surface area contributed by atoms with Gasteiger partial charge in [-0.1, -0.05) is 43.3 Å². The van der Waals surface area contributed by atoms with Crippen LogP contribution in [0.3, 0.4) is 0 Å². The van der Waals surface area contributed by atoms with Crippen LogP contribution in [0.1, 0.15) is 36.5 Å².